The SMILES string of the molecule is COc1ccc(OC)c(CNC(=O)c2ccc(C)s2)c1. The van der Waals surface area contributed by atoms with Gasteiger partial charge in [0.25, 0.3) is 5.91 Å². The molecule has 5 heteroatoms. The first-order chi connectivity index (χ1) is 9.63. The first-order valence-electron chi connectivity index (χ1n) is 6.19. The predicted octanol–water partition coefficient (Wildman–Crippen LogP) is 3.00. The van der Waals surface area contributed by atoms with Crippen LogP contribution in [0.15, 0.2) is 30.3 Å². The average molecular weight is 291 g/mol. The third-order valence-corrected chi connectivity index (χ3v) is 3.89. The fourth-order valence-corrected chi connectivity index (χ4v) is 2.62. The highest BCUT2D eigenvalue weighted by Crippen LogP contribution is 2.24. The highest BCUT2D eigenvalue weighted by atomic mass is 32.1. The molecule has 4 nitrogen and oxygen atoms in total. The van der Waals surface area contributed by atoms with Gasteiger partial charge in [-0.3, -0.25) is 4.79 Å². The summed E-state index contributed by atoms with van der Waals surface area (Å²) in [7, 11) is 3.22. The zero-order chi connectivity index (χ0) is 14.5. The fourth-order valence-electron chi connectivity index (χ4n) is 1.84. The van der Waals surface area contributed by atoms with Crippen LogP contribution in [0.25, 0.3) is 0 Å². The molecule has 0 saturated carbocycles. The molecule has 0 spiro atoms. The van der Waals surface area contributed by atoms with Crippen LogP contribution in [0.4, 0.5) is 0 Å². The second-order valence-electron chi connectivity index (χ2n) is 4.27. The summed E-state index contributed by atoms with van der Waals surface area (Å²) in [6.45, 7) is 2.38. The average Bonchev–Trinajstić information content (AvgIpc) is 2.91. The minimum Gasteiger partial charge on any atom is -0.497 e. The number of benzene rings is 1. The van der Waals surface area contributed by atoms with Crippen molar-refractivity contribution in [2.75, 3.05) is 14.2 Å². The lowest BCUT2D eigenvalue weighted by Crippen LogP contribution is -2.22. The van der Waals surface area contributed by atoms with E-state index in [1.165, 1.54) is 11.3 Å². The van der Waals surface area contributed by atoms with E-state index in [9.17, 15) is 4.79 Å². The molecule has 2 aromatic rings. The van der Waals surface area contributed by atoms with Gasteiger partial charge in [-0.1, -0.05) is 0 Å². The van der Waals surface area contributed by atoms with Gasteiger partial charge in [-0.05, 0) is 37.3 Å². The van der Waals surface area contributed by atoms with Crippen LogP contribution in [-0.2, 0) is 6.54 Å². The Morgan fingerprint density at radius 2 is 2.00 bits per heavy atom. The second kappa shape index (κ2) is 6.43. The molecule has 1 N–H and O–H groups in total. The molecule has 0 atom stereocenters. The van der Waals surface area contributed by atoms with Crippen molar-refractivity contribution in [3.8, 4) is 11.5 Å². The molecule has 1 aromatic carbocycles. The highest BCUT2D eigenvalue weighted by Gasteiger charge is 2.10. The Labute approximate surface area is 122 Å². The van der Waals surface area contributed by atoms with E-state index in [2.05, 4.69) is 5.32 Å². The Balaban J connectivity index is 2.08. The number of carbonyl (C=O) groups is 1. The van der Waals surface area contributed by atoms with Crippen LogP contribution in [0.3, 0.4) is 0 Å². The van der Waals surface area contributed by atoms with E-state index >= 15 is 0 Å². The van der Waals surface area contributed by atoms with E-state index < -0.39 is 0 Å². The van der Waals surface area contributed by atoms with Crippen molar-refractivity contribution < 1.29 is 14.3 Å². The van der Waals surface area contributed by atoms with Gasteiger partial charge < -0.3 is 14.8 Å². The van der Waals surface area contributed by atoms with Gasteiger partial charge in [0.15, 0.2) is 0 Å². The van der Waals surface area contributed by atoms with Crippen molar-refractivity contribution in [1.82, 2.24) is 5.32 Å². The molecule has 0 bridgehead atoms. The van der Waals surface area contributed by atoms with Crippen molar-refractivity contribution in [2.45, 2.75) is 13.5 Å². The number of amides is 1. The highest BCUT2D eigenvalue weighted by molar-refractivity contribution is 7.13. The number of rotatable bonds is 5. The standard InChI is InChI=1S/C15H17NO3S/c1-10-4-7-14(20-10)15(17)16-9-11-8-12(18-2)5-6-13(11)19-3/h4-8H,9H2,1-3H3,(H,16,17). The largest absolute Gasteiger partial charge is 0.497 e. The number of ether oxygens (including phenoxy) is 2. The van der Waals surface area contributed by atoms with Gasteiger partial charge in [0.2, 0.25) is 0 Å². The molecule has 20 heavy (non-hydrogen) atoms. The first kappa shape index (κ1) is 14.4. The molecular formula is C15H17NO3S. The van der Waals surface area contributed by atoms with E-state index in [1.54, 1.807) is 14.2 Å². The van der Waals surface area contributed by atoms with Crippen LogP contribution in [0.2, 0.25) is 0 Å². The lowest BCUT2D eigenvalue weighted by Gasteiger charge is -2.11. The lowest BCUT2D eigenvalue weighted by molar-refractivity contribution is 0.0954. The molecule has 0 aliphatic heterocycles. The van der Waals surface area contributed by atoms with Crippen LogP contribution in [0.1, 0.15) is 20.1 Å². The summed E-state index contributed by atoms with van der Waals surface area (Å²) in [4.78, 5) is 13.8. The van der Waals surface area contributed by atoms with Crippen molar-refractivity contribution in [3.63, 3.8) is 0 Å². The maximum atomic E-state index is 12.0. The molecule has 0 aliphatic carbocycles. The summed E-state index contributed by atoms with van der Waals surface area (Å²) in [5.41, 5.74) is 0.883. The van der Waals surface area contributed by atoms with Gasteiger partial charge in [-0.15, -0.1) is 11.3 Å². The third-order valence-electron chi connectivity index (χ3n) is 2.89. The van der Waals surface area contributed by atoms with Crippen LogP contribution in [0.5, 0.6) is 11.5 Å². The lowest BCUT2D eigenvalue weighted by atomic mass is 10.2. The molecule has 0 unspecified atom stereocenters. The van der Waals surface area contributed by atoms with Gasteiger partial charge in [-0.25, -0.2) is 0 Å². The number of nitrogens with one attached hydrogen (secondary N) is 1. The monoisotopic (exact) mass is 291 g/mol. The van der Waals surface area contributed by atoms with Gasteiger partial charge in [0.05, 0.1) is 19.1 Å². The molecular weight excluding hydrogens is 274 g/mol. The maximum absolute atomic E-state index is 12.0. The summed E-state index contributed by atoms with van der Waals surface area (Å²) in [5, 5.41) is 2.89. The Hall–Kier alpha value is -2.01. The van der Waals surface area contributed by atoms with Crippen LogP contribution in [-0.4, -0.2) is 20.1 Å². The van der Waals surface area contributed by atoms with Crippen LogP contribution in [0, 0.1) is 6.92 Å². The van der Waals surface area contributed by atoms with Crippen molar-refractivity contribution >= 4 is 17.2 Å². The van der Waals surface area contributed by atoms with Gasteiger partial charge in [0.1, 0.15) is 11.5 Å². The Morgan fingerprint density at radius 3 is 2.60 bits per heavy atom. The number of hydrogen-bond acceptors (Lipinski definition) is 4. The van der Waals surface area contributed by atoms with E-state index in [-0.39, 0.29) is 5.91 Å². The second-order valence-corrected chi connectivity index (χ2v) is 5.56. The number of hydrogen-bond donors (Lipinski definition) is 1. The molecule has 0 saturated heterocycles. The summed E-state index contributed by atoms with van der Waals surface area (Å²) < 4.78 is 10.5. The topological polar surface area (TPSA) is 47.6 Å². The molecule has 0 aliphatic rings. The summed E-state index contributed by atoms with van der Waals surface area (Å²) in [6.07, 6.45) is 0. The predicted molar refractivity (Wildman–Crippen MR) is 79.8 cm³/mol. The van der Waals surface area contributed by atoms with Crippen molar-refractivity contribution in [3.05, 3.63) is 45.6 Å². The molecule has 0 radical (unpaired) electrons. The zero-order valence-electron chi connectivity index (χ0n) is 11.7. The summed E-state index contributed by atoms with van der Waals surface area (Å²) in [5.74, 6) is 1.39. The van der Waals surface area contributed by atoms with Crippen LogP contribution >= 0.6 is 11.3 Å². The number of aryl methyl sites for hydroxylation is 1. The molecule has 0 fully saturated rings. The zero-order valence-corrected chi connectivity index (χ0v) is 12.5. The van der Waals surface area contributed by atoms with Crippen molar-refractivity contribution in [2.24, 2.45) is 0 Å². The van der Waals surface area contributed by atoms with Gasteiger partial charge in [0, 0.05) is 17.0 Å². The van der Waals surface area contributed by atoms with E-state index in [1.807, 2.05) is 37.3 Å². The fraction of sp³-hybridized carbons (Fsp3) is 0.267. The Morgan fingerprint density at radius 1 is 1.20 bits per heavy atom. The van der Waals surface area contributed by atoms with Crippen LogP contribution < -0.4 is 14.8 Å². The molecule has 1 heterocycles. The minimum atomic E-state index is -0.0760. The quantitative estimate of drug-likeness (QED) is 0.921. The molecule has 2 rings (SSSR count). The number of carbonyl (C=O) groups excluding carboxylic acids is 1. The normalized spacial score (nSPS) is 10.2. The maximum Gasteiger partial charge on any atom is 0.261 e. The molecule has 1 aromatic heterocycles. The smallest absolute Gasteiger partial charge is 0.261 e. The third kappa shape index (κ3) is 3.30. The van der Waals surface area contributed by atoms with Gasteiger partial charge >= 0.3 is 0 Å². The van der Waals surface area contributed by atoms with Crippen molar-refractivity contribution in [1.29, 1.82) is 0 Å². The van der Waals surface area contributed by atoms with Gasteiger partial charge in [-0.2, -0.15) is 0 Å². The minimum absolute atomic E-state index is 0.0760. The molecule has 1 amide bonds. The number of methoxy groups -OCH3 is 2. The Bertz CT molecular complexity index is 607. The van der Waals surface area contributed by atoms with E-state index in [0.29, 0.717) is 11.4 Å². The first-order valence-corrected chi connectivity index (χ1v) is 7.01. The summed E-state index contributed by atoms with van der Waals surface area (Å²) >= 11 is 1.48. The summed E-state index contributed by atoms with van der Waals surface area (Å²) in [6, 6.07) is 9.28. The Kier molecular flexibility index (Phi) is 4.63. The molecule has 106 valence electrons. The van der Waals surface area contributed by atoms with E-state index in [0.717, 1.165) is 21.9 Å². The number of thiophene rings is 1. The van der Waals surface area contributed by atoms with E-state index in [4.69, 9.17) is 9.47 Å².